The molecule has 33 heavy (non-hydrogen) atoms. The Balaban J connectivity index is 0. The number of benzene rings is 2. The van der Waals surface area contributed by atoms with Gasteiger partial charge in [-0.25, -0.2) is 0 Å². The normalized spacial score (nSPS) is 11.0. The maximum Gasteiger partial charge on any atom is 0.104 e. The van der Waals surface area contributed by atoms with Crippen LogP contribution < -0.4 is 29.4 Å². The molecule has 0 saturated heterocycles. The van der Waals surface area contributed by atoms with Gasteiger partial charge in [-0.2, -0.15) is 0 Å². The molecular formula is C29H50BrClN2. The van der Waals surface area contributed by atoms with Gasteiger partial charge in [-0.15, -0.1) is 0 Å². The van der Waals surface area contributed by atoms with Crippen LogP contribution in [0.4, 0.5) is 0 Å². The minimum atomic E-state index is 0. The van der Waals surface area contributed by atoms with Crippen molar-refractivity contribution in [3.05, 3.63) is 71.8 Å². The fraction of sp³-hybridized carbons (Fsp3) is 0.586. The van der Waals surface area contributed by atoms with Crippen molar-refractivity contribution >= 4 is 0 Å². The highest BCUT2D eigenvalue weighted by Crippen LogP contribution is 2.19. The van der Waals surface area contributed by atoms with Crippen molar-refractivity contribution in [2.45, 2.75) is 72.4 Å². The van der Waals surface area contributed by atoms with Crippen LogP contribution in [-0.4, -0.2) is 49.7 Å². The summed E-state index contributed by atoms with van der Waals surface area (Å²) in [5.41, 5.74) is 2.91. The number of hydrogen-bond acceptors (Lipinski definition) is 0. The van der Waals surface area contributed by atoms with Gasteiger partial charge in [0.2, 0.25) is 0 Å². The van der Waals surface area contributed by atoms with E-state index < -0.39 is 0 Å². The summed E-state index contributed by atoms with van der Waals surface area (Å²) in [6.45, 7) is 13.3. The molecule has 0 aliphatic carbocycles. The number of halogens is 2. The van der Waals surface area contributed by atoms with Gasteiger partial charge in [0.15, 0.2) is 0 Å². The SMILES string of the molecule is CCCC[N+](CCCC)(CCCC)Cc1ccccc1.C[N+](C)(C)Cc1ccccc1.[Br-].[Cl-]. The van der Waals surface area contributed by atoms with Crippen LogP contribution in [-0.2, 0) is 13.1 Å². The molecule has 0 saturated carbocycles. The largest absolute Gasteiger partial charge is 1.00 e. The lowest BCUT2D eigenvalue weighted by molar-refractivity contribution is -0.941. The average molecular weight is 542 g/mol. The molecule has 0 bridgehead atoms. The Morgan fingerprint density at radius 2 is 0.879 bits per heavy atom. The van der Waals surface area contributed by atoms with E-state index in [0.29, 0.717) is 0 Å². The maximum atomic E-state index is 2.32. The first-order valence-electron chi connectivity index (χ1n) is 12.6. The van der Waals surface area contributed by atoms with Gasteiger partial charge in [-0.1, -0.05) is 101 Å². The van der Waals surface area contributed by atoms with E-state index in [9.17, 15) is 0 Å². The predicted molar refractivity (Wildman–Crippen MR) is 138 cm³/mol. The van der Waals surface area contributed by atoms with E-state index in [4.69, 9.17) is 0 Å². The lowest BCUT2D eigenvalue weighted by Gasteiger charge is -2.39. The molecule has 2 aromatic rings. The molecule has 0 amide bonds. The zero-order chi connectivity index (χ0) is 23.0. The van der Waals surface area contributed by atoms with E-state index in [1.54, 1.807) is 0 Å². The summed E-state index contributed by atoms with van der Waals surface area (Å²) in [6, 6.07) is 21.7. The van der Waals surface area contributed by atoms with Crippen molar-refractivity contribution in [1.82, 2.24) is 0 Å². The van der Waals surface area contributed by atoms with Gasteiger partial charge in [-0.05, 0) is 19.3 Å². The van der Waals surface area contributed by atoms with Gasteiger partial charge in [0.05, 0.1) is 40.8 Å². The zero-order valence-electron chi connectivity index (χ0n) is 22.2. The van der Waals surface area contributed by atoms with Crippen LogP contribution in [0.5, 0.6) is 0 Å². The summed E-state index contributed by atoms with van der Waals surface area (Å²) in [5, 5.41) is 0. The third-order valence-corrected chi connectivity index (χ3v) is 5.82. The van der Waals surface area contributed by atoms with Crippen molar-refractivity contribution < 1.29 is 38.4 Å². The Morgan fingerprint density at radius 3 is 1.18 bits per heavy atom. The average Bonchev–Trinajstić information content (AvgIpc) is 2.75. The Kier molecular flexibility index (Phi) is 20.2. The third-order valence-electron chi connectivity index (χ3n) is 5.82. The monoisotopic (exact) mass is 540 g/mol. The highest BCUT2D eigenvalue weighted by molar-refractivity contribution is 5.14. The third kappa shape index (κ3) is 16.4. The molecule has 0 aromatic heterocycles. The Morgan fingerprint density at radius 1 is 0.545 bits per heavy atom. The first kappa shape index (κ1) is 34.3. The van der Waals surface area contributed by atoms with Crippen LogP contribution in [0.25, 0.3) is 0 Å². The van der Waals surface area contributed by atoms with Gasteiger partial charge in [0.25, 0.3) is 0 Å². The smallest absolute Gasteiger partial charge is 0.104 e. The minimum Gasteiger partial charge on any atom is -1.00 e. The summed E-state index contributed by atoms with van der Waals surface area (Å²) >= 11 is 0. The summed E-state index contributed by atoms with van der Waals surface area (Å²) in [4.78, 5) is 0. The highest BCUT2D eigenvalue weighted by atomic mass is 79.9. The molecular weight excluding hydrogens is 492 g/mol. The van der Waals surface area contributed by atoms with E-state index in [1.165, 1.54) is 80.3 Å². The molecule has 2 aromatic carbocycles. The molecule has 0 unspecified atom stereocenters. The number of rotatable bonds is 13. The van der Waals surface area contributed by atoms with Gasteiger partial charge in [0.1, 0.15) is 13.1 Å². The lowest BCUT2D eigenvalue weighted by atomic mass is 10.1. The fourth-order valence-electron chi connectivity index (χ4n) is 4.16. The van der Waals surface area contributed by atoms with Crippen LogP contribution in [0.1, 0.15) is 70.4 Å². The first-order chi connectivity index (χ1) is 14.8. The highest BCUT2D eigenvalue weighted by Gasteiger charge is 2.26. The van der Waals surface area contributed by atoms with Crippen LogP contribution in [0.3, 0.4) is 0 Å². The van der Waals surface area contributed by atoms with Gasteiger partial charge in [-0.3, -0.25) is 0 Å². The molecule has 0 radical (unpaired) electrons. The van der Waals surface area contributed by atoms with E-state index >= 15 is 0 Å². The quantitative estimate of drug-likeness (QED) is 0.336. The second-order valence-electron chi connectivity index (χ2n) is 10.2. The van der Waals surface area contributed by atoms with E-state index in [2.05, 4.69) is 103 Å². The predicted octanol–water partition coefficient (Wildman–Crippen LogP) is 1.30. The summed E-state index contributed by atoms with van der Waals surface area (Å²) in [6.07, 6.45) is 8.02. The number of unbranched alkanes of at least 4 members (excludes halogenated alkanes) is 3. The Hall–Kier alpha value is -0.870. The van der Waals surface area contributed by atoms with Crippen LogP contribution >= 0.6 is 0 Å². The van der Waals surface area contributed by atoms with Gasteiger partial charge in [0, 0.05) is 11.1 Å². The summed E-state index contributed by atoms with van der Waals surface area (Å²) < 4.78 is 2.30. The first-order valence-corrected chi connectivity index (χ1v) is 12.6. The number of hydrogen-bond donors (Lipinski definition) is 0. The molecule has 0 heterocycles. The molecule has 190 valence electrons. The molecule has 0 spiro atoms. The van der Waals surface area contributed by atoms with Crippen molar-refractivity contribution in [3.8, 4) is 0 Å². The molecule has 2 rings (SSSR count). The van der Waals surface area contributed by atoms with Crippen molar-refractivity contribution in [3.63, 3.8) is 0 Å². The zero-order valence-corrected chi connectivity index (χ0v) is 24.5. The number of nitrogens with zero attached hydrogens (tertiary/aromatic N) is 2. The number of quaternary nitrogens is 2. The summed E-state index contributed by atoms with van der Waals surface area (Å²) in [5.74, 6) is 0. The van der Waals surface area contributed by atoms with Crippen LogP contribution in [0, 0.1) is 0 Å². The summed E-state index contributed by atoms with van der Waals surface area (Å²) in [7, 11) is 6.60. The molecule has 4 heteroatoms. The Labute approximate surface area is 222 Å². The lowest BCUT2D eigenvalue weighted by Crippen LogP contribution is -3.00. The van der Waals surface area contributed by atoms with Gasteiger partial charge >= 0.3 is 0 Å². The van der Waals surface area contributed by atoms with Crippen molar-refractivity contribution in [2.75, 3.05) is 40.8 Å². The molecule has 2 nitrogen and oxygen atoms in total. The topological polar surface area (TPSA) is 0 Å². The van der Waals surface area contributed by atoms with Gasteiger partial charge < -0.3 is 38.4 Å². The second kappa shape index (κ2) is 19.4. The van der Waals surface area contributed by atoms with E-state index in [1.807, 2.05) is 0 Å². The van der Waals surface area contributed by atoms with Crippen LogP contribution in [0.2, 0.25) is 0 Å². The standard InChI is InChI=1S/C19H34N.C10H16N.BrH.ClH/c1-4-7-15-20(16-8-5-2,17-9-6-3)18-19-13-11-10-12-14-19;1-11(2,3)9-10-7-5-4-6-8-10;;/h10-14H,4-9,15-18H2,1-3H3;4-8H,9H2,1-3H3;2*1H/q2*+1;;/p-2. The molecule has 0 atom stereocenters. The molecule has 0 N–H and O–H groups in total. The maximum absolute atomic E-state index is 2.32. The van der Waals surface area contributed by atoms with Crippen molar-refractivity contribution in [2.24, 2.45) is 0 Å². The van der Waals surface area contributed by atoms with E-state index in [-0.39, 0.29) is 29.4 Å². The van der Waals surface area contributed by atoms with E-state index in [0.717, 1.165) is 11.0 Å². The second-order valence-corrected chi connectivity index (χ2v) is 10.2. The molecule has 0 aliphatic rings. The minimum absolute atomic E-state index is 0. The van der Waals surface area contributed by atoms with Crippen LogP contribution in [0.15, 0.2) is 60.7 Å². The Bertz CT molecular complexity index is 649. The molecule has 0 fully saturated rings. The molecule has 0 aliphatic heterocycles. The fourth-order valence-corrected chi connectivity index (χ4v) is 4.16. The van der Waals surface area contributed by atoms with Crippen molar-refractivity contribution in [1.29, 1.82) is 0 Å².